The second-order valence-electron chi connectivity index (χ2n) is 5.91. The van der Waals surface area contributed by atoms with Gasteiger partial charge in [-0.1, -0.05) is 36.4 Å². The lowest BCUT2D eigenvalue weighted by molar-refractivity contribution is -0.105. The number of ether oxygens (including phenoxy) is 3. The second-order valence-corrected chi connectivity index (χ2v) is 5.91. The number of hydrogen-bond donors (Lipinski definition) is 1. The number of esters is 1. The average molecular weight is 367 g/mol. The maximum absolute atomic E-state index is 12.6. The van der Waals surface area contributed by atoms with E-state index in [-0.39, 0.29) is 5.56 Å². The van der Waals surface area contributed by atoms with E-state index in [4.69, 9.17) is 14.2 Å². The number of hydrogen-bond acceptors (Lipinski definition) is 5. The first-order valence-electron chi connectivity index (χ1n) is 8.69. The Bertz CT molecular complexity index is 995. The smallest absolute Gasteiger partial charge is 0.346 e. The van der Waals surface area contributed by atoms with Gasteiger partial charge in [-0.3, -0.25) is 4.79 Å². The van der Waals surface area contributed by atoms with Crippen molar-refractivity contribution >= 4 is 16.9 Å². The molecule has 0 fully saturated rings. The summed E-state index contributed by atoms with van der Waals surface area (Å²) in [4.78, 5) is 27.5. The summed E-state index contributed by atoms with van der Waals surface area (Å²) in [6.45, 7) is 2.17. The molecule has 0 radical (unpaired) electrons. The fraction of sp³-hybridized carbons (Fsp3) is 0.238. The molecule has 1 unspecified atom stereocenters. The van der Waals surface area contributed by atoms with Crippen LogP contribution in [0.25, 0.3) is 10.9 Å². The van der Waals surface area contributed by atoms with Crippen LogP contribution in [0.3, 0.4) is 0 Å². The summed E-state index contributed by atoms with van der Waals surface area (Å²) in [5, 5.41) is 0.752. The Labute approximate surface area is 156 Å². The minimum atomic E-state index is -0.829. The summed E-state index contributed by atoms with van der Waals surface area (Å²) in [7, 11) is 1.58. The molecule has 6 heteroatoms. The number of carbonyl (C=O) groups is 1. The van der Waals surface area contributed by atoms with Crippen molar-refractivity contribution in [3.63, 3.8) is 0 Å². The summed E-state index contributed by atoms with van der Waals surface area (Å²) in [6.07, 6.45) is -0.514. The van der Waals surface area contributed by atoms with E-state index in [2.05, 4.69) is 4.98 Å². The van der Waals surface area contributed by atoms with Gasteiger partial charge in [0.2, 0.25) is 6.29 Å². The van der Waals surface area contributed by atoms with E-state index >= 15 is 0 Å². The van der Waals surface area contributed by atoms with Gasteiger partial charge in [0.05, 0.1) is 7.11 Å². The number of H-pyrrole nitrogens is 1. The first-order valence-corrected chi connectivity index (χ1v) is 8.69. The van der Waals surface area contributed by atoms with Gasteiger partial charge < -0.3 is 19.2 Å². The fourth-order valence-electron chi connectivity index (χ4n) is 2.85. The summed E-state index contributed by atoms with van der Waals surface area (Å²) in [6, 6.07) is 16.2. The van der Waals surface area contributed by atoms with E-state index in [0.717, 1.165) is 10.9 Å². The van der Waals surface area contributed by atoms with Gasteiger partial charge in [0.25, 0.3) is 5.56 Å². The number of aromatic amines is 1. The molecule has 0 saturated heterocycles. The third-order valence-corrected chi connectivity index (χ3v) is 4.14. The van der Waals surface area contributed by atoms with Crippen LogP contribution in [0.4, 0.5) is 0 Å². The molecular formula is C21H21NO5. The molecular weight excluding hydrogens is 346 g/mol. The number of methoxy groups -OCH3 is 1. The number of benzene rings is 2. The first kappa shape index (κ1) is 18.7. The summed E-state index contributed by atoms with van der Waals surface area (Å²) >= 11 is 0. The Hall–Kier alpha value is -3.12. The molecule has 1 atom stereocenters. The minimum absolute atomic E-state index is 0.0570. The Morgan fingerprint density at radius 3 is 2.63 bits per heavy atom. The molecule has 1 N–H and O–H groups in total. The average Bonchev–Trinajstić information content (AvgIpc) is 2.68. The number of carbonyl (C=O) groups excluding carboxylic acids is 1. The predicted octanol–water partition coefficient (Wildman–Crippen LogP) is 3.30. The molecule has 0 saturated carbocycles. The van der Waals surface area contributed by atoms with E-state index in [1.165, 1.54) is 6.07 Å². The Kier molecular flexibility index (Phi) is 5.88. The standard InChI is InChI=1S/C21H21NO5/c1-3-26-19(13-15-9-5-7-11-18(15)25-2)27-21(24)16-12-14-8-4-6-10-17(14)22-20(16)23/h4-12,19H,3,13H2,1-2H3,(H,22,23). The van der Waals surface area contributed by atoms with Gasteiger partial charge in [-0.15, -0.1) is 0 Å². The molecule has 2 aromatic carbocycles. The molecule has 140 valence electrons. The molecule has 6 nitrogen and oxygen atoms in total. The Balaban J connectivity index is 1.83. The van der Waals surface area contributed by atoms with Crippen molar-refractivity contribution in [3.8, 4) is 5.75 Å². The molecule has 0 amide bonds. The van der Waals surface area contributed by atoms with Crippen molar-refractivity contribution in [1.29, 1.82) is 0 Å². The molecule has 1 heterocycles. The van der Waals surface area contributed by atoms with Gasteiger partial charge in [-0.05, 0) is 30.5 Å². The summed E-state index contributed by atoms with van der Waals surface area (Å²) < 4.78 is 16.4. The van der Waals surface area contributed by atoms with E-state index < -0.39 is 17.8 Å². The topological polar surface area (TPSA) is 77.6 Å². The molecule has 1 aromatic heterocycles. The van der Waals surface area contributed by atoms with Crippen LogP contribution in [0.2, 0.25) is 0 Å². The molecule has 0 aliphatic rings. The number of nitrogens with one attached hydrogen (secondary N) is 1. The van der Waals surface area contributed by atoms with E-state index in [9.17, 15) is 9.59 Å². The zero-order chi connectivity index (χ0) is 19.2. The number of para-hydroxylation sites is 2. The van der Waals surface area contributed by atoms with Gasteiger partial charge in [-0.2, -0.15) is 0 Å². The summed E-state index contributed by atoms with van der Waals surface area (Å²) in [5.74, 6) is -0.0443. The molecule has 0 aliphatic carbocycles. The molecule has 0 bridgehead atoms. The maximum atomic E-state index is 12.6. The molecule has 3 rings (SSSR count). The highest BCUT2D eigenvalue weighted by Crippen LogP contribution is 2.21. The zero-order valence-electron chi connectivity index (χ0n) is 15.2. The normalized spacial score (nSPS) is 11.9. The van der Waals surface area contributed by atoms with Gasteiger partial charge in [0, 0.05) is 24.1 Å². The first-order chi connectivity index (χ1) is 13.1. The lowest BCUT2D eigenvalue weighted by Gasteiger charge is -2.19. The highest BCUT2D eigenvalue weighted by atomic mass is 16.7. The third-order valence-electron chi connectivity index (χ3n) is 4.14. The predicted molar refractivity (Wildman–Crippen MR) is 102 cm³/mol. The van der Waals surface area contributed by atoms with Crippen LogP contribution in [0.1, 0.15) is 22.8 Å². The Morgan fingerprint density at radius 2 is 1.85 bits per heavy atom. The molecule has 0 spiro atoms. The highest BCUT2D eigenvalue weighted by Gasteiger charge is 2.21. The fourth-order valence-corrected chi connectivity index (χ4v) is 2.85. The van der Waals surface area contributed by atoms with Crippen molar-refractivity contribution in [2.45, 2.75) is 19.6 Å². The lowest BCUT2D eigenvalue weighted by atomic mass is 10.1. The van der Waals surface area contributed by atoms with Crippen molar-refractivity contribution in [2.24, 2.45) is 0 Å². The van der Waals surface area contributed by atoms with Crippen molar-refractivity contribution < 1.29 is 19.0 Å². The van der Waals surface area contributed by atoms with Crippen LogP contribution < -0.4 is 10.3 Å². The van der Waals surface area contributed by atoms with Crippen LogP contribution in [-0.2, 0) is 15.9 Å². The second kappa shape index (κ2) is 8.51. The van der Waals surface area contributed by atoms with Gasteiger partial charge in [-0.25, -0.2) is 4.79 Å². The highest BCUT2D eigenvalue weighted by molar-refractivity contribution is 5.93. The number of aromatic nitrogens is 1. The van der Waals surface area contributed by atoms with E-state index in [1.807, 2.05) is 49.4 Å². The van der Waals surface area contributed by atoms with Crippen LogP contribution >= 0.6 is 0 Å². The van der Waals surface area contributed by atoms with Gasteiger partial charge >= 0.3 is 5.97 Å². The quantitative estimate of drug-likeness (QED) is 0.512. The van der Waals surface area contributed by atoms with Crippen molar-refractivity contribution in [3.05, 3.63) is 76.1 Å². The van der Waals surface area contributed by atoms with E-state index in [1.54, 1.807) is 13.2 Å². The zero-order valence-corrected chi connectivity index (χ0v) is 15.2. The number of fused-ring (bicyclic) bond motifs is 1. The molecule has 0 aliphatic heterocycles. The van der Waals surface area contributed by atoms with Crippen LogP contribution in [-0.4, -0.2) is 31.0 Å². The Morgan fingerprint density at radius 1 is 1.11 bits per heavy atom. The number of rotatable bonds is 7. The summed E-state index contributed by atoms with van der Waals surface area (Å²) in [5.41, 5.74) is 0.956. The molecule has 3 aromatic rings. The monoisotopic (exact) mass is 367 g/mol. The van der Waals surface area contributed by atoms with Crippen molar-refractivity contribution in [2.75, 3.05) is 13.7 Å². The van der Waals surface area contributed by atoms with Crippen LogP contribution in [0, 0.1) is 0 Å². The largest absolute Gasteiger partial charge is 0.496 e. The van der Waals surface area contributed by atoms with E-state index in [0.29, 0.717) is 24.3 Å². The SMILES string of the molecule is CCOC(Cc1ccccc1OC)OC(=O)c1cc2ccccc2[nH]c1=O. The number of pyridine rings is 1. The van der Waals surface area contributed by atoms with Gasteiger partial charge in [0.15, 0.2) is 0 Å². The lowest BCUT2D eigenvalue weighted by Crippen LogP contribution is -2.27. The third kappa shape index (κ3) is 4.35. The van der Waals surface area contributed by atoms with Gasteiger partial charge in [0.1, 0.15) is 11.3 Å². The molecule has 27 heavy (non-hydrogen) atoms. The minimum Gasteiger partial charge on any atom is -0.496 e. The maximum Gasteiger partial charge on any atom is 0.346 e. The van der Waals surface area contributed by atoms with Crippen LogP contribution in [0.5, 0.6) is 5.75 Å². The van der Waals surface area contributed by atoms with Crippen LogP contribution in [0.15, 0.2) is 59.4 Å². The van der Waals surface area contributed by atoms with Crippen molar-refractivity contribution in [1.82, 2.24) is 4.98 Å².